The van der Waals surface area contributed by atoms with Crippen molar-refractivity contribution in [1.82, 2.24) is 10.3 Å². The van der Waals surface area contributed by atoms with E-state index in [0.29, 0.717) is 6.42 Å². The quantitative estimate of drug-likeness (QED) is 0.864. The van der Waals surface area contributed by atoms with Crippen molar-refractivity contribution in [1.29, 1.82) is 0 Å². The van der Waals surface area contributed by atoms with Gasteiger partial charge in [0.1, 0.15) is 9.34 Å². The molecule has 1 amide bonds. The van der Waals surface area contributed by atoms with Gasteiger partial charge in [0, 0.05) is 11.1 Å². The van der Waals surface area contributed by atoms with E-state index in [0.717, 1.165) is 17.1 Å². The first kappa shape index (κ1) is 14.1. The van der Waals surface area contributed by atoms with Crippen LogP contribution in [-0.2, 0) is 4.79 Å². The monoisotopic (exact) mass is 306 g/mol. The van der Waals surface area contributed by atoms with E-state index in [9.17, 15) is 4.79 Å². The highest BCUT2D eigenvalue weighted by molar-refractivity contribution is 7.09. The second kappa shape index (κ2) is 4.66. The predicted octanol–water partition coefficient (Wildman–Crippen LogP) is 3.60. The van der Waals surface area contributed by atoms with Crippen LogP contribution in [0.25, 0.3) is 0 Å². The van der Waals surface area contributed by atoms with Crippen molar-refractivity contribution in [3.8, 4) is 0 Å². The number of thiazole rings is 1. The summed E-state index contributed by atoms with van der Waals surface area (Å²) in [6, 6.07) is -0.0576. The second-order valence-electron chi connectivity index (χ2n) is 4.97. The smallest absolute Gasteiger partial charge is 0.229 e. The van der Waals surface area contributed by atoms with Crippen LogP contribution in [0, 0.1) is 12.3 Å². The molecule has 2 unspecified atom stereocenters. The lowest BCUT2D eigenvalue weighted by atomic mass is 10.1. The zero-order chi connectivity index (χ0) is 13.6. The van der Waals surface area contributed by atoms with E-state index in [-0.39, 0.29) is 11.9 Å². The molecule has 1 saturated carbocycles. The van der Waals surface area contributed by atoms with Gasteiger partial charge in [-0.25, -0.2) is 4.98 Å². The number of nitrogens with zero attached hydrogens (tertiary/aromatic N) is 1. The lowest BCUT2D eigenvalue weighted by Crippen LogP contribution is -2.36. The first-order chi connectivity index (χ1) is 8.30. The summed E-state index contributed by atoms with van der Waals surface area (Å²) in [6.07, 6.45) is 1.30. The zero-order valence-corrected chi connectivity index (χ0v) is 12.9. The Morgan fingerprint density at radius 2 is 2.28 bits per heavy atom. The number of carbonyl (C=O) groups is 1. The fourth-order valence-corrected chi connectivity index (χ4v) is 3.47. The number of nitrogens with one attached hydrogen (secondary N) is 1. The maximum Gasteiger partial charge on any atom is 0.229 e. The molecule has 2 rings (SSSR count). The number of aryl methyl sites for hydroxylation is 1. The molecule has 18 heavy (non-hydrogen) atoms. The van der Waals surface area contributed by atoms with Gasteiger partial charge in [-0.1, -0.05) is 6.92 Å². The van der Waals surface area contributed by atoms with Crippen LogP contribution in [0.1, 0.15) is 43.4 Å². The van der Waals surface area contributed by atoms with E-state index in [4.69, 9.17) is 23.2 Å². The molecule has 0 aliphatic heterocycles. The highest BCUT2D eigenvalue weighted by Gasteiger charge is 2.68. The molecule has 3 nitrogen and oxygen atoms in total. The molecule has 6 heteroatoms. The third-order valence-electron chi connectivity index (χ3n) is 3.41. The summed E-state index contributed by atoms with van der Waals surface area (Å²) in [5, 5.41) is 5.91. The SMILES string of the molecule is CCC(NC(=O)C1(C)CC1(Cl)Cl)c1nc(C)cs1. The van der Waals surface area contributed by atoms with Gasteiger partial charge in [-0.05, 0) is 26.7 Å². The molecule has 1 aromatic heterocycles. The first-order valence-corrected chi connectivity index (χ1v) is 7.54. The summed E-state index contributed by atoms with van der Waals surface area (Å²) in [5.74, 6) is -0.0906. The molecule has 1 heterocycles. The number of carbonyl (C=O) groups excluding carboxylic acids is 1. The van der Waals surface area contributed by atoms with Crippen LogP contribution in [0.2, 0.25) is 0 Å². The number of aromatic nitrogens is 1. The van der Waals surface area contributed by atoms with Gasteiger partial charge in [-0.15, -0.1) is 34.5 Å². The Morgan fingerprint density at radius 1 is 1.67 bits per heavy atom. The summed E-state index contributed by atoms with van der Waals surface area (Å²) in [5.41, 5.74) is 0.305. The molecule has 1 aliphatic rings. The molecule has 1 aliphatic carbocycles. The van der Waals surface area contributed by atoms with Crippen molar-refractivity contribution < 1.29 is 4.79 Å². The zero-order valence-electron chi connectivity index (χ0n) is 10.6. The highest BCUT2D eigenvalue weighted by Crippen LogP contribution is 2.63. The number of rotatable bonds is 4. The molecule has 1 fully saturated rings. The molecular weight excluding hydrogens is 291 g/mol. The number of alkyl halides is 2. The maximum atomic E-state index is 12.2. The Balaban J connectivity index is 2.06. The van der Waals surface area contributed by atoms with Crippen molar-refractivity contribution in [2.24, 2.45) is 5.41 Å². The van der Waals surface area contributed by atoms with E-state index < -0.39 is 9.75 Å². The molecule has 0 saturated heterocycles. The Kier molecular flexibility index (Phi) is 3.65. The molecule has 0 radical (unpaired) electrons. The molecule has 100 valence electrons. The highest BCUT2D eigenvalue weighted by atomic mass is 35.5. The van der Waals surface area contributed by atoms with Crippen LogP contribution in [0.3, 0.4) is 0 Å². The number of amides is 1. The third kappa shape index (κ3) is 2.38. The molecular formula is C12H16Cl2N2OS. The summed E-state index contributed by atoms with van der Waals surface area (Å²) < 4.78 is -0.922. The van der Waals surface area contributed by atoms with Crippen molar-refractivity contribution in [2.75, 3.05) is 0 Å². The van der Waals surface area contributed by atoms with Gasteiger partial charge >= 0.3 is 0 Å². The minimum atomic E-state index is -0.922. The lowest BCUT2D eigenvalue weighted by Gasteiger charge is -2.18. The second-order valence-corrected chi connectivity index (χ2v) is 7.35. The summed E-state index contributed by atoms with van der Waals surface area (Å²) >= 11 is 13.6. The van der Waals surface area contributed by atoms with E-state index in [2.05, 4.69) is 10.3 Å². The van der Waals surface area contributed by atoms with Crippen LogP contribution >= 0.6 is 34.5 Å². The Morgan fingerprint density at radius 3 is 2.67 bits per heavy atom. The maximum absolute atomic E-state index is 12.2. The van der Waals surface area contributed by atoms with Crippen LogP contribution in [0.5, 0.6) is 0 Å². The number of hydrogen-bond acceptors (Lipinski definition) is 3. The van der Waals surface area contributed by atoms with Gasteiger partial charge in [-0.3, -0.25) is 4.79 Å². The number of hydrogen-bond donors (Lipinski definition) is 1. The van der Waals surface area contributed by atoms with E-state index >= 15 is 0 Å². The Bertz CT molecular complexity index is 474. The van der Waals surface area contributed by atoms with E-state index in [1.165, 1.54) is 0 Å². The normalized spacial score (nSPS) is 26.7. The molecule has 1 N–H and O–H groups in total. The minimum Gasteiger partial charge on any atom is -0.346 e. The van der Waals surface area contributed by atoms with Gasteiger partial charge in [0.15, 0.2) is 0 Å². The average Bonchev–Trinajstić information content (AvgIpc) is 2.62. The fraction of sp³-hybridized carbons (Fsp3) is 0.667. The van der Waals surface area contributed by atoms with E-state index in [1.807, 2.05) is 19.2 Å². The summed E-state index contributed by atoms with van der Waals surface area (Å²) in [4.78, 5) is 16.6. The fourth-order valence-electron chi connectivity index (χ4n) is 1.83. The van der Waals surface area contributed by atoms with Crippen LogP contribution in [0.4, 0.5) is 0 Å². The third-order valence-corrected chi connectivity index (χ3v) is 5.59. The molecule has 1 aromatic rings. The van der Waals surface area contributed by atoms with Crippen LogP contribution in [0.15, 0.2) is 5.38 Å². The van der Waals surface area contributed by atoms with Gasteiger partial charge in [0.2, 0.25) is 5.91 Å². The first-order valence-electron chi connectivity index (χ1n) is 5.91. The van der Waals surface area contributed by atoms with Gasteiger partial charge in [0.05, 0.1) is 11.5 Å². The molecule has 2 atom stereocenters. The molecule has 0 bridgehead atoms. The standard InChI is InChI=1S/C12H16Cl2N2OS/c1-4-8(9-15-7(2)5-18-9)16-10(17)11(3)6-12(11,13)14/h5,8H,4,6H2,1-3H3,(H,16,17). The van der Waals surface area contributed by atoms with Crippen LogP contribution < -0.4 is 5.32 Å². The molecule has 0 spiro atoms. The van der Waals surface area contributed by atoms with Gasteiger partial charge in [-0.2, -0.15) is 0 Å². The average molecular weight is 307 g/mol. The van der Waals surface area contributed by atoms with Crippen molar-refractivity contribution in [2.45, 2.75) is 44.0 Å². The lowest BCUT2D eigenvalue weighted by molar-refractivity contribution is -0.126. The Hall–Kier alpha value is -0.320. The topological polar surface area (TPSA) is 42.0 Å². The van der Waals surface area contributed by atoms with Crippen molar-refractivity contribution >= 4 is 40.4 Å². The Labute approximate surface area is 121 Å². The number of halogens is 2. The van der Waals surface area contributed by atoms with Gasteiger partial charge in [0.25, 0.3) is 0 Å². The van der Waals surface area contributed by atoms with Gasteiger partial charge < -0.3 is 5.32 Å². The van der Waals surface area contributed by atoms with Crippen molar-refractivity contribution in [3.05, 3.63) is 16.1 Å². The summed E-state index contributed by atoms with van der Waals surface area (Å²) in [7, 11) is 0. The predicted molar refractivity (Wildman–Crippen MR) is 75.2 cm³/mol. The van der Waals surface area contributed by atoms with Crippen molar-refractivity contribution in [3.63, 3.8) is 0 Å². The van der Waals surface area contributed by atoms with Crippen LogP contribution in [-0.4, -0.2) is 15.2 Å². The molecule has 0 aromatic carbocycles. The largest absolute Gasteiger partial charge is 0.346 e. The minimum absolute atomic E-state index is 0.0576. The summed E-state index contributed by atoms with van der Waals surface area (Å²) in [6.45, 7) is 5.76. The van der Waals surface area contributed by atoms with E-state index in [1.54, 1.807) is 18.3 Å².